The Morgan fingerprint density at radius 1 is 1.09 bits per heavy atom. The van der Waals surface area contributed by atoms with E-state index in [1.807, 2.05) is 49.4 Å². The topological polar surface area (TPSA) is 50.8 Å². The molecule has 1 fully saturated rings. The minimum Gasteiger partial charge on any atom is -0.494 e. The van der Waals surface area contributed by atoms with E-state index in [0.717, 1.165) is 23.8 Å². The summed E-state index contributed by atoms with van der Waals surface area (Å²) in [6, 6.07) is 17.7. The van der Waals surface area contributed by atoms with Crippen LogP contribution in [-0.2, 0) is 4.74 Å². The molecule has 0 radical (unpaired) electrons. The number of nitrogens with zero attached hydrogens (tertiary/aromatic N) is 1. The molecule has 1 N–H and O–H groups in total. The van der Waals surface area contributed by atoms with E-state index in [1.165, 1.54) is 21.6 Å². The third kappa shape index (κ3) is 4.88. The molecule has 1 aromatic heterocycles. The number of morpholine rings is 1. The van der Waals surface area contributed by atoms with E-state index in [2.05, 4.69) is 36.2 Å². The molecule has 1 aliphatic heterocycles. The Bertz CT molecular complexity index is 1040. The summed E-state index contributed by atoms with van der Waals surface area (Å²) in [5, 5.41) is 4.12. The molecule has 5 nitrogen and oxygen atoms in total. The Hall–Kier alpha value is -2.67. The lowest BCUT2D eigenvalue weighted by Crippen LogP contribution is -2.39. The molecule has 1 amide bonds. The zero-order chi connectivity index (χ0) is 22.5. The van der Waals surface area contributed by atoms with Gasteiger partial charge >= 0.3 is 0 Å². The van der Waals surface area contributed by atoms with E-state index in [4.69, 9.17) is 9.47 Å². The van der Waals surface area contributed by atoms with Gasteiger partial charge in [0.2, 0.25) is 0 Å². The largest absolute Gasteiger partial charge is 0.494 e. The summed E-state index contributed by atoms with van der Waals surface area (Å²) >= 11 is 1.65. The molecular weight excluding hydrogens is 420 g/mol. The molecule has 1 saturated heterocycles. The minimum atomic E-state index is -0.0829. The molecule has 1 aliphatic rings. The number of hydrogen-bond donors (Lipinski definition) is 1. The molecule has 32 heavy (non-hydrogen) atoms. The van der Waals surface area contributed by atoms with Gasteiger partial charge in [-0.25, -0.2) is 0 Å². The first-order chi connectivity index (χ1) is 15.6. The first-order valence-electron chi connectivity index (χ1n) is 11.1. The number of amides is 1. The van der Waals surface area contributed by atoms with Gasteiger partial charge in [-0.15, -0.1) is 11.3 Å². The highest BCUT2D eigenvalue weighted by molar-refractivity contribution is 7.16. The van der Waals surface area contributed by atoms with E-state index < -0.39 is 0 Å². The van der Waals surface area contributed by atoms with Crippen molar-refractivity contribution in [3.63, 3.8) is 0 Å². The van der Waals surface area contributed by atoms with Crippen molar-refractivity contribution in [1.82, 2.24) is 4.90 Å². The molecule has 2 aromatic carbocycles. The SMILES string of the molecule is CCOc1ccc([C@H](c2c(NC(=O)c3ccccc3)sc(C)c2C)N2CCOCC2)cc1. The van der Waals surface area contributed by atoms with Gasteiger partial charge in [-0.3, -0.25) is 9.69 Å². The second-order valence-corrected chi connectivity index (χ2v) is 9.12. The summed E-state index contributed by atoms with van der Waals surface area (Å²) in [6.07, 6.45) is 0. The van der Waals surface area contributed by atoms with Gasteiger partial charge in [0.15, 0.2) is 0 Å². The summed E-state index contributed by atoms with van der Waals surface area (Å²) < 4.78 is 11.3. The van der Waals surface area contributed by atoms with Gasteiger partial charge in [-0.2, -0.15) is 0 Å². The summed E-state index contributed by atoms with van der Waals surface area (Å²) in [5.74, 6) is 0.785. The van der Waals surface area contributed by atoms with Crippen LogP contribution in [0.4, 0.5) is 5.00 Å². The third-order valence-corrected chi connectivity index (χ3v) is 7.02. The Labute approximate surface area is 194 Å². The Morgan fingerprint density at radius 3 is 2.44 bits per heavy atom. The zero-order valence-electron chi connectivity index (χ0n) is 18.9. The highest BCUT2D eigenvalue weighted by Crippen LogP contribution is 2.42. The van der Waals surface area contributed by atoms with Crippen molar-refractivity contribution in [2.45, 2.75) is 26.8 Å². The maximum Gasteiger partial charge on any atom is 0.256 e. The van der Waals surface area contributed by atoms with Crippen LogP contribution in [0.2, 0.25) is 0 Å². The van der Waals surface area contributed by atoms with Crippen molar-refractivity contribution in [2.24, 2.45) is 0 Å². The van der Waals surface area contributed by atoms with Crippen LogP contribution in [0.5, 0.6) is 5.75 Å². The van der Waals surface area contributed by atoms with Gasteiger partial charge in [0, 0.05) is 29.1 Å². The lowest BCUT2D eigenvalue weighted by atomic mass is 9.94. The van der Waals surface area contributed by atoms with Crippen molar-refractivity contribution in [3.8, 4) is 5.75 Å². The number of carbonyl (C=O) groups excluding carboxylic acids is 1. The minimum absolute atomic E-state index is 0.0330. The summed E-state index contributed by atoms with van der Waals surface area (Å²) in [4.78, 5) is 16.6. The Kier molecular flexibility index (Phi) is 7.25. The van der Waals surface area contributed by atoms with Gasteiger partial charge in [-0.05, 0) is 56.2 Å². The molecule has 6 heteroatoms. The van der Waals surface area contributed by atoms with E-state index in [1.54, 1.807) is 11.3 Å². The van der Waals surface area contributed by atoms with E-state index >= 15 is 0 Å². The molecule has 0 saturated carbocycles. The number of carbonyl (C=O) groups is 1. The lowest BCUT2D eigenvalue weighted by Gasteiger charge is -2.35. The molecule has 0 aliphatic carbocycles. The molecule has 0 bridgehead atoms. The van der Waals surface area contributed by atoms with Crippen molar-refractivity contribution in [2.75, 3.05) is 38.2 Å². The fourth-order valence-corrected chi connectivity index (χ4v) is 5.23. The van der Waals surface area contributed by atoms with Crippen molar-refractivity contribution < 1.29 is 14.3 Å². The number of aryl methyl sites for hydroxylation is 1. The van der Waals surface area contributed by atoms with Crippen molar-refractivity contribution >= 4 is 22.2 Å². The first kappa shape index (κ1) is 22.5. The van der Waals surface area contributed by atoms with Crippen LogP contribution < -0.4 is 10.1 Å². The molecule has 0 spiro atoms. The normalized spacial score (nSPS) is 15.3. The lowest BCUT2D eigenvalue weighted by molar-refractivity contribution is 0.0240. The molecule has 168 valence electrons. The number of ether oxygens (including phenoxy) is 2. The van der Waals surface area contributed by atoms with Crippen LogP contribution in [0.3, 0.4) is 0 Å². The molecular formula is C26H30N2O3S. The van der Waals surface area contributed by atoms with Crippen LogP contribution >= 0.6 is 11.3 Å². The van der Waals surface area contributed by atoms with Crippen LogP contribution in [0.15, 0.2) is 54.6 Å². The van der Waals surface area contributed by atoms with Gasteiger partial charge in [-0.1, -0.05) is 30.3 Å². The van der Waals surface area contributed by atoms with Gasteiger partial charge in [0.1, 0.15) is 10.8 Å². The van der Waals surface area contributed by atoms with Gasteiger partial charge < -0.3 is 14.8 Å². The molecule has 4 rings (SSSR count). The van der Waals surface area contributed by atoms with Crippen molar-refractivity contribution in [1.29, 1.82) is 0 Å². The van der Waals surface area contributed by atoms with Crippen molar-refractivity contribution in [3.05, 3.63) is 81.7 Å². The number of benzene rings is 2. The monoisotopic (exact) mass is 450 g/mol. The highest BCUT2D eigenvalue weighted by atomic mass is 32.1. The quantitative estimate of drug-likeness (QED) is 0.521. The second-order valence-electron chi connectivity index (χ2n) is 7.90. The maximum atomic E-state index is 13.0. The maximum absolute atomic E-state index is 13.0. The molecule has 0 unspecified atom stereocenters. The number of nitrogens with one attached hydrogen (secondary N) is 1. The van der Waals surface area contributed by atoms with Crippen LogP contribution in [0.25, 0.3) is 0 Å². The van der Waals surface area contributed by atoms with Crippen LogP contribution in [-0.4, -0.2) is 43.7 Å². The number of rotatable bonds is 7. The predicted octanol–water partition coefficient (Wildman–Crippen LogP) is 5.44. The van der Waals surface area contributed by atoms with E-state index in [9.17, 15) is 4.79 Å². The average molecular weight is 451 g/mol. The Balaban J connectivity index is 1.74. The number of hydrogen-bond acceptors (Lipinski definition) is 5. The summed E-state index contributed by atoms with van der Waals surface area (Å²) in [7, 11) is 0. The van der Waals surface area contributed by atoms with E-state index in [-0.39, 0.29) is 11.9 Å². The highest BCUT2D eigenvalue weighted by Gasteiger charge is 2.30. The van der Waals surface area contributed by atoms with Gasteiger partial charge in [0.05, 0.1) is 25.9 Å². The smallest absolute Gasteiger partial charge is 0.256 e. The molecule has 1 atom stereocenters. The standard InChI is InChI=1S/C26H30N2O3S/c1-4-31-22-12-10-20(11-13-22)24(28-14-16-30-17-15-28)23-18(2)19(3)32-26(23)27-25(29)21-8-6-5-7-9-21/h5-13,24H,4,14-17H2,1-3H3,(H,27,29)/t24-/m1/s1. The average Bonchev–Trinajstić information content (AvgIpc) is 3.09. The number of thiophene rings is 1. The first-order valence-corrected chi connectivity index (χ1v) is 11.9. The van der Waals surface area contributed by atoms with Crippen LogP contribution in [0, 0.1) is 13.8 Å². The third-order valence-electron chi connectivity index (χ3n) is 5.89. The predicted molar refractivity (Wildman–Crippen MR) is 130 cm³/mol. The molecule has 2 heterocycles. The fourth-order valence-electron chi connectivity index (χ4n) is 4.14. The number of anilines is 1. The zero-order valence-corrected chi connectivity index (χ0v) is 19.7. The van der Waals surface area contributed by atoms with Crippen LogP contribution in [0.1, 0.15) is 44.9 Å². The fraction of sp³-hybridized carbons (Fsp3) is 0.346. The van der Waals surface area contributed by atoms with E-state index in [0.29, 0.717) is 25.4 Å². The summed E-state index contributed by atoms with van der Waals surface area (Å²) in [6.45, 7) is 10.0. The summed E-state index contributed by atoms with van der Waals surface area (Å²) in [5.41, 5.74) is 4.24. The Morgan fingerprint density at radius 2 is 1.78 bits per heavy atom. The second kappa shape index (κ2) is 10.3. The molecule has 3 aromatic rings. The van der Waals surface area contributed by atoms with Gasteiger partial charge in [0.25, 0.3) is 5.91 Å².